The molecule has 1 N–H and O–H groups in total. The van der Waals surface area contributed by atoms with Crippen molar-refractivity contribution in [1.29, 1.82) is 0 Å². The van der Waals surface area contributed by atoms with Gasteiger partial charge >= 0.3 is 5.97 Å². The molecule has 0 saturated carbocycles. The second-order valence-corrected chi connectivity index (χ2v) is 4.67. The summed E-state index contributed by atoms with van der Waals surface area (Å²) in [5.74, 6) is -0.867. The number of fused-ring (bicyclic) bond motifs is 1. The Morgan fingerprint density at radius 3 is 2.65 bits per heavy atom. The summed E-state index contributed by atoms with van der Waals surface area (Å²) in [6, 6.07) is 14.9. The number of benzene rings is 2. The molecule has 0 aliphatic rings. The molecule has 1 aromatic heterocycles. The Kier molecular flexibility index (Phi) is 2.99. The van der Waals surface area contributed by atoms with Crippen LogP contribution in [0.15, 0.2) is 52.9 Å². The number of carboxylic acid groups (broad SMARTS) is 1. The van der Waals surface area contributed by atoms with Crippen molar-refractivity contribution in [1.82, 2.24) is 4.98 Å². The zero-order valence-corrected chi connectivity index (χ0v) is 10.9. The maximum absolute atomic E-state index is 11.0. The molecular formula is C16H13NO3. The summed E-state index contributed by atoms with van der Waals surface area (Å²) in [6.45, 7) is 1.65. The van der Waals surface area contributed by atoms with E-state index >= 15 is 0 Å². The predicted octanol–water partition coefficient (Wildman–Crippen LogP) is 3.68. The van der Waals surface area contributed by atoms with Crippen LogP contribution in [0.4, 0.5) is 0 Å². The van der Waals surface area contributed by atoms with E-state index in [-0.39, 0.29) is 0 Å². The molecule has 2 aromatic carbocycles. The molecule has 100 valence electrons. The van der Waals surface area contributed by atoms with Crippen LogP contribution in [0.3, 0.4) is 0 Å². The number of rotatable bonds is 3. The standard InChI is InChI=1S/C16H13NO3/c1-10(16(18)19)12-7-8-14-13(9-12)17-15(20-14)11-5-3-2-4-6-11/h2-10H,1H3,(H,18,19). The Bertz CT molecular complexity index is 762. The lowest BCUT2D eigenvalue weighted by Crippen LogP contribution is -2.06. The molecule has 4 heteroatoms. The van der Waals surface area contributed by atoms with Crippen molar-refractivity contribution in [3.05, 3.63) is 54.1 Å². The normalized spacial score (nSPS) is 12.4. The van der Waals surface area contributed by atoms with Gasteiger partial charge in [0.15, 0.2) is 5.58 Å². The molecule has 20 heavy (non-hydrogen) atoms. The molecule has 0 radical (unpaired) electrons. The lowest BCUT2D eigenvalue weighted by atomic mass is 10.0. The SMILES string of the molecule is CC(C(=O)O)c1ccc2oc(-c3ccccc3)nc2c1. The van der Waals surface area contributed by atoms with Crippen LogP contribution in [0.1, 0.15) is 18.4 Å². The summed E-state index contributed by atoms with van der Waals surface area (Å²) < 4.78 is 5.69. The van der Waals surface area contributed by atoms with Gasteiger partial charge in [0.2, 0.25) is 5.89 Å². The Morgan fingerprint density at radius 2 is 1.95 bits per heavy atom. The van der Waals surface area contributed by atoms with Gasteiger partial charge in [0.05, 0.1) is 5.92 Å². The third kappa shape index (κ3) is 2.16. The number of aromatic nitrogens is 1. The molecule has 0 aliphatic carbocycles. The van der Waals surface area contributed by atoms with Crippen molar-refractivity contribution in [2.75, 3.05) is 0 Å². The minimum absolute atomic E-state index is 0.542. The molecule has 0 saturated heterocycles. The van der Waals surface area contributed by atoms with E-state index in [2.05, 4.69) is 4.98 Å². The molecule has 0 spiro atoms. The van der Waals surface area contributed by atoms with Crippen molar-refractivity contribution in [2.24, 2.45) is 0 Å². The molecule has 0 fully saturated rings. The van der Waals surface area contributed by atoms with Crippen molar-refractivity contribution < 1.29 is 14.3 Å². The number of hydrogen-bond donors (Lipinski definition) is 1. The van der Waals surface area contributed by atoms with E-state index in [1.807, 2.05) is 30.3 Å². The number of carboxylic acids is 1. The highest BCUT2D eigenvalue weighted by Gasteiger charge is 2.15. The minimum Gasteiger partial charge on any atom is -0.481 e. The van der Waals surface area contributed by atoms with E-state index in [0.717, 1.165) is 11.1 Å². The average molecular weight is 267 g/mol. The fourth-order valence-electron chi connectivity index (χ4n) is 2.06. The second-order valence-electron chi connectivity index (χ2n) is 4.67. The Morgan fingerprint density at radius 1 is 1.20 bits per heavy atom. The molecule has 0 aliphatic heterocycles. The third-order valence-corrected chi connectivity index (χ3v) is 3.30. The summed E-state index contributed by atoms with van der Waals surface area (Å²) in [6.07, 6.45) is 0. The van der Waals surface area contributed by atoms with Gasteiger partial charge in [-0.05, 0) is 36.8 Å². The van der Waals surface area contributed by atoms with E-state index in [9.17, 15) is 4.79 Å². The van der Waals surface area contributed by atoms with Gasteiger partial charge in [0.25, 0.3) is 0 Å². The van der Waals surface area contributed by atoms with Crippen molar-refractivity contribution in [3.8, 4) is 11.5 Å². The Balaban J connectivity index is 2.06. The van der Waals surface area contributed by atoms with E-state index in [1.54, 1.807) is 25.1 Å². The molecule has 3 aromatic rings. The molecule has 1 atom stereocenters. The highest BCUT2D eigenvalue weighted by Crippen LogP contribution is 2.26. The molecule has 3 rings (SSSR count). The number of hydrogen-bond acceptors (Lipinski definition) is 3. The van der Waals surface area contributed by atoms with E-state index in [4.69, 9.17) is 9.52 Å². The van der Waals surface area contributed by atoms with Gasteiger partial charge in [-0.15, -0.1) is 0 Å². The number of carbonyl (C=O) groups is 1. The van der Waals surface area contributed by atoms with Gasteiger partial charge in [-0.2, -0.15) is 0 Å². The van der Waals surface area contributed by atoms with Crippen molar-refractivity contribution in [3.63, 3.8) is 0 Å². The first-order valence-electron chi connectivity index (χ1n) is 6.34. The Hall–Kier alpha value is -2.62. The third-order valence-electron chi connectivity index (χ3n) is 3.30. The first-order chi connectivity index (χ1) is 9.65. The largest absolute Gasteiger partial charge is 0.481 e. The number of aliphatic carboxylic acids is 1. The summed E-state index contributed by atoms with van der Waals surface area (Å²) in [5.41, 5.74) is 2.95. The van der Waals surface area contributed by atoms with Gasteiger partial charge in [0, 0.05) is 5.56 Å². The summed E-state index contributed by atoms with van der Waals surface area (Å²) in [5, 5.41) is 9.05. The maximum Gasteiger partial charge on any atom is 0.310 e. The highest BCUT2D eigenvalue weighted by molar-refractivity contribution is 5.81. The van der Waals surface area contributed by atoms with Crippen LogP contribution in [-0.2, 0) is 4.79 Å². The van der Waals surface area contributed by atoms with Gasteiger partial charge in [-0.1, -0.05) is 24.3 Å². The maximum atomic E-state index is 11.0. The van der Waals surface area contributed by atoms with Crippen LogP contribution in [0.2, 0.25) is 0 Å². The molecule has 1 unspecified atom stereocenters. The topological polar surface area (TPSA) is 63.3 Å². The summed E-state index contributed by atoms with van der Waals surface area (Å²) in [4.78, 5) is 15.4. The molecule has 4 nitrogen and oxygen atoms in total. The van der Waals surface area contributed by atoms with Gasteiger partial charge in [0.1, 0.15) is 5.52 Å². The molecule has 0 bridgehead atoms. The average Bonchev–Trinajstić information content (AvgIpc) is 2.90. The van der Waals surface area contributed by atoms with Crippen molar-refractivity contribution in [2.45, 2.75) is 12.8 Å². The summed E-state index contributed by atoms with van der Waals surface area (Å²) in [7, 11) is 0. The Labute approximate surface area is 115 Å². The first kappa shape index (κ1) is 12.4. The van der Waals surface area contributed by atoms with Crippen LogP contribution in [0, 0.1) is 0 Å². The lowest BCUT2D eigenvalue weighted by Gasteiger charge is -2.04. The minimum atomic E-state index is -0.851. The van der Waals surface area contributed by atoms with Crippen LogP contribution in [0.25, 0.3) is 22.6 Å². The quantitative estimate of drug-likeness (QED) is 0.786. The second kappa shape index (κ2) is 4.81. The lowest BCUT2D eigenvalue weighted by molar-refractivity contribution is -0.138. The number of nitrogens with zero attached hydrogens (tertiary/aromatic N) is 1. The van der Waals surface area contributed by atoms with Crippen LogP contribution < -0.4 is 0 Å². The monoisotopic (exact) mass is 267 g/mol. The molecule has 1 heterocycles. The van der Waals surface area contributed by atoms with Crippen LogP contribution >= 0.6 is 0 Å². The smallest absolute Gasteiger partial charge is 0.310 e. The summed E-state index contributed by atoms with van der Waals surface area (Å²) >= 11 is 0. The molecular weight excluding hydrogens is 254 g/mol. The number of oxazole rings is 1. The highest BCUT2D eigenvalue weighted by atomic mass is 16.4. The van der Waals surface area contributed by atoms with Crippen molar-refractivity contribution >= 4 is 17.1 Å². The zero-order valence-electron chi connectivity index (χ0n) is 10.9. The van der Waals surface area contributed by atoms with Gasteiger partial charge in [-0.3, -0.25) is 4.79 Å². The predicted molar refractivity (Wildman–Crippen MR) is 75.5 cm³/mol. The fourth-order valence-corrected chi connectivity index (χ4v) is 2.06. The van der Waals surface area contributed by atoms with Gasteiger partial charge < -0.3 is 9.52 Å². The molecule has 0 amide bonds. The van der Waals surface area contributed by atoms with E-state index in [0.29, 0.717) is 17.0 Å². The zero-order chi connectivity index (χ0) is 14.1. The van der Waals surface area contributed by atoms with E-state index in [1.165, 1.54) is 0 Å². The van der Waals surface area contributed by atoms with Crippen LogP contribution in [-0.4, -0.2) is 16.1 Å². The van der Waals surface area contributed by atoms with Crippen LogP contribution in [0.5, 0.6) is 0 Å². The fraction of sp³-hybridized carbons (Fsp3) is 0.125. The first-order valence-corrected chi connectivity index (χ1v) is 6.34. The van der Waals surface area contributed by atoms with E-state index < -0.39 is 11.9 Å². The van der Waals surface area contributed by atoms with Gasteiger partial charge in [-0.25, -0.2) is 4.98 Å².